The third-order valence-corrected chi connectivity index (χ3v) is 22.3. The summed E-state index contributed by atoms with van der Waals surface area (Å²) >= 11 is 0. The Balaban J connectivity index is 3.21. The SMILES string of the molecule is CCCC[SiH](CCC)[SiH2][SiH3]. The Morgan fingerprint density at radius 1 is 1.20 bits per heavy atom. The highest BCUT2D eigenvalue weighted by molar-refractivity contribution is 7.31. The lowest BCUT2D eigenvalue weighted by atomic mass is 10.4. The van der Waals surface area contributed by atoms with Crippen LogP contribution in [0.15, 0.2) is 0 Å². The van der Waals surface area contributed by atoms with Gasteiger partial charge in [-0.3, -0.25) is 0 Å². The van der Waals surface area contributed by atoms with E-state index in [1.807, 2.05) is 0 Å². The molecule has 3 heteroatoms. The maximum atomic E-state index is 2.36. The second-order valence-corrected chi connectivity index (χ2v) is 20.2. The first-order valence-corrected chi connectivity index (χ1v) is 15.4. The van der Waals surface area contributed by atoms with Gasteiger partial charge in [0.15, 0.2) is 0 Å². The number of hydrogen-bond acceptors (Lipinski definition) is 0. The summed E-state index contributed by atoms with van der Waals surface area (Å²) in [7, 11) is 2.15. The van der Waals surface area contributed by atoms with Crippen LogP contribution in [0.3, 0.4) is 0 Å². The molecule has 62 valence electrons. The molecule has 10 heavy (non-hydrogen) atoms. The smallest absolute Gasteiger partial charge is 0.0206 e. The van der Waals surface area contributed by atoms with Crippen LogP contribution < -0.4 is 0 Å². The summed E-state index contributed by atoms with van der Waals surface area (Å²) in [5.74, 6) is 0. The molecule has 0 rings (SSSR count). The monoisotopic (exact) mass is 190 g/mol. The minimum atomic E-state index is -0.0300. The molecule has 0 aromatic rings. The molecule has 0 saturated heterocycles. The van der Waals surface area contributed by atoms with Gasteiger partial charge < -0.3 is 0 Å². The van der Waals surface area contributed by atoms with Crippen molar-refractivity contribution in [2.45, 2.75) is 45.2 Å². The normalized spacial score (nSPS) is 15.0. The third-order valence-electron chi connectivity index (χ3n) is 2.24. The maximum absolute atomic E-state index is 2.36. The standard InChI is InChI=1S/C7H22Si3/c1-3-5-7-10(9-8)6-4-2/h10H,3-7,9H2,1-2,8H3. The molecule has 0 bridgehead atoms. The molecule has 0 radical (unpaired) electrons. The Labute approximate surface area is 72.2 Å². The van der Waals surface area contributed by atoms with Crippen molar-refractivity contribution in [3.63, 3.8) is 0 Å². The van der Waals surface area contributed by atoms with Crippen molar-refractivity contribution in [1.29, 1.82) is 0 Å². The molecule has 0 N–H and O–H groups in total. The van der Waals surface area contributed by atoms with Crippen molar-refractivity contribution in [3.05, 3.63) is 0 Å². The van der Waals surface area contributed by atoms with E-state index >= 15 is 0 Å². The van der Waals surface area contributed by atoms with Gasteiger partial charge in [0.05, 0.1) is 0 Å². The van der Waals surface area contributed by atoms with Gasteiger partial charge in [-0.05, 0) is 18.3 Å². The molecule has 0 aromatic carbocycles. The van der Waals surface area contributed by atoms with Crippen molar-refractivity contribution >= 4 is 26.6 Å². The van der Waals surface area contributed by atoms with E-state index in [1.54, 1.807) is 28.3 Å². The van der Waals surface area contributed by atoms with Crippen LogP contribution in [0.1, 0.15) is 33.1 Å². The molecule has 0 aliphatic carbocycles. The minimum Gasteiger partial charge on any atom is -0.0657 e. The lowest BCUT2D eigenvalue weighted by Gasteiger charge is -2.09. The quantitative estimate of drug-likeness (QED) is 0.531. The van der Waals surface area contributed by atoms with E-state index in [0.717, 1.165) is 0 Å². The van der Waals surface area contributed by atoms with Crippen molar-refractivity contribution in [2.24, 2.45) is 0 Å². The van der Waals surface area contributed by atoms with Crippen molar-refractivity contribution < 1.29 is 0 Å². The molecule has 1 unspecified atom stereocenters. The molecule has 0 fully saturated rings. The summed E-state index contributed by atoms with van der Waals surface area (Å²) in [4.78, 5) is 0. The van der Waals surface area contributed by atoms with Gasteiger partial charge in [0, 0.05) is 8.31 Å². The van der Waals surface area contributed by atoms with E-state index in [1.165, 1.54) is 12.8 Å². The van der Waals surface area contributed by atoms with Gasteiger partial charge in [-0.15, -0.1) is 0 Å². The highest BCUT2D eigenvalue weighted by Crippen LogP contribution is 2.05. The van der Waals surface area contributed by atoms with Gasteiger partial charge in [-0.25, -0.2) is 0 Å². The van der Waals surface area contributed by atoms with Crippen LogP contribution >= 0.6 is 0 Å². The van der Waals surface area contributed by atoms with Crippen LogP contribution in [-0.4, -0.2) is 26.6 Å². The Morgan fingerprint density at radius 3 is 2.30 bits per heavy atom. The molecule has 0 aromatic heterocycles. The predicted octanol–water partition coefficient (Wildman–Crippen LogP) is 0.369. The second kappa shape index (κ2) is 7.75. The molecule has 1 atom stereocenters. The summed E-state index contributed by atoms with van der Waals surface area (Å²) in [6, 6.07) is 3.37. The lowest BCUT2D eigenvalue weighted by Crippen LogP contribution is -2.21. The van der Waals surface area contributed by atoms with Gasteiger partial charge in [-0.1, -0.05) is 45.2 Å². The van der Waals surface area contributed by atoms with E-state index in [-0.39, 0.29) is 8.31 Å². The fraction of sp³-hybridized carbons (Fsp3) is 1.00. The van der Waals surface area contributed by atoms with Gasteiger partial charge in [0.1, 0.15) is 0 Å². The zero-order chi connectivity index (χ0) is 7.82. The van der Waals surface area contributed by atoms with Crippen LogP contribution in [0.5, 0.6) is 0 Å². The molecule has 0 spiro atoms. The van der Waals surface area contributed by atoms with Crippen LogP contribution in [0.2, 0.25) is 12.1 Å². The topological polar surface area (TPSA) is 0 Å². The molecular formula is C7H22Si3. The molecular weight excluding hydrogens is 168 g/mol. The van der Waals surface area contributed by atoms with E-state index < -0.39 is 0 Å². The van der Waals surface area contributed by atoms with E-state index in [4.69, 9.17) is 0 Å². The van der Waals surface area contributed by atoms with Crippen LogP contribution in [0.25, 0.3) is 0 Å². The summed E-state index contributed by atoms with van der Waals surface area (Å²) in [6.07, 6.45) is 4.46. The lowest BCUT2D eigenvalue weighted by molar-refractivity contribution is 0.871. The van der Waals surface area contributed by atoms with Crippen LogP contribution in [0.4, 0.5) is 0 Å². The van der Waals surface area contributed by atoms with Crippen molar-refractivity contribution in [1.82, 2.24) is 0 Å². The molecule has 0 aliphatic rings. The van der Waals surface area contributed by atoms with Gasteiger partial charge in [0.2, 0.25) is 0 Å². The molecule has 0 amide bonds. The molecule has 0 nitrogen and oxygen atoms in total. The maximum Gasteiger partial charge on any atom is 0.0206 e. The minimum absolute atomic E-state index is 0.0300. The first-order chi connectivity index (χ1) is 4.85. The van der Waals surface area contributed by atoms with Crippen molar-refractivity contribution in [2.75, 3.05) is 0 Å². The van der Waals surface area contributed by atoms with Crippen LogP contribution in [0, 0.1) is 0 Å². The highest BCUT2D eigenvalue weighted by atomic mass is 29.5. The molecule has 0 saturated carbocycles. The first kappa shape index (κ1) is 10.7. The second-order valence-electron chi connectivity index (χ2n) is 3.21. The average Bonchev–Trinajstić information content (AvgIpc) is 1.98. The largest absolute Gasteiger partial charge is 0.0657 e. The summed E-state index contributed by atoms with van der Waals surface area (Å²) in [5.41, 5.74) is 0. The van der Waals surface area contributed by atoms with Gasteiger partial charge >= 0.3 is 0 Å². The summed E-state index contributed by atoms with van der Waals surface area (Å²) in [6.45, 7) is 4.68. The number of rotatable bonds is 6. The average molecular weight is 191 g/mol. The fourth-order valence-electron chi connectivity index (χ4n) is 1.45. The zero-order valence-electron chi connectivity index (χ0n) is 7.82. The van der Waals surface area contributed by atoms with E-state index in [9.17, 15) is 0 Å². The van der Waals surface area contributed by atoms with E-state index in [2.05, 4.69) is 13.8 Å². The first-order valence-electron chi connectivity index (χ1n) is 4.85. The third kappa shape index (κ3) is 5.44. The highest BCUT2D eigenvalue weighted by Gasteiger charge is 2.04. The Morgan fingerprint density at radius 2 is 1.90 bits per heavy atom. The summed E-state index contributed by atoms with van der Waals surface area (Å²) in [5, 5.41) is 0. The number of hydrogen-bond donors (Lipinski definition) is 0. The van der Waals surface area contributed by atoms with Crippen LogP contribution in [-0.2, 0) is 0 Å². The molecule has 0 aliphatic heterocycles. The van der Waals surface area contributed by atoms with E-state index in [0.29, 0.717) is 8.55 Å². The van der Waals surface area contributed by atoms with Crippen molar-refractivity contribution in [3.8, 4) is 0 Å². The zero-order valence-corrected chi connectivity index (χ0v) is 12.4. The number of unbranched alkanes of at least 4 members (excludes halogenated alkanes) is 1. The Kier molecular flexibility index (Phi) is 8.26. The molecule has 0 heterocycles. The Bertz CT molecular complexity index is 65.9. The van der Waals surface area contributed by atoms with Gasteiger partial charge in [0.25, 0.3) is 0 Å². The predicted molar refractivity (Wildman–Crippen MR) is 60.4 cm³/mol. The fourth-order valence-corrected chi connectivity index (χ4v) is 16.2. The summed E-state index contributed by atoms with van der Waals surface area (Å²) < 4.78 is 0. The van der Waals surface area contributed by atoms with Gasteiger partial charge in [-0.2, -0.15) is 0 Å². The Hall–Kier alpha value is 0.651.